The van der Waals surface area contributed by atoms with Crippen LogP contribution in [0.15, 0.2) is 12.7 Å². The summed E-state index contributed by atoms with van der Waals surface area (Å²) in [7, 11) is 0. The summed E-state index contributed by atoms with van der Waals surface area (Å²) in [6.07, 6.45) is -1.74. The summed E-state index contributed by atoms with van der Waals surface area (Å²) in [5.74, 6) is -2.77. The number of carbonyl (C=O) groups excluding carboxylic acids is 7. The number of esters is 2. The fraction of sp³-hybridized carbons (Fsp3) is 0.743. The van der Waals surface area contributed by atoms with Crippen molar-refractivity contribution in [2.45, 2.75) is 143 Å². The number of carbonyl (C=O) groups is 7. The van der Waals surface area contributed by atoms with Gasteiger partial charge in [0.05, 0.1) is 19.1 Å². The number of aldehydes is 1. The maximum atomic E-state index is 12.7. The van der Waals surface area contributed by atoms with Crippen LogP contribution in [0.25, 0.3) is 0 Å². The number of amides is 4. The number of halogens is 1. The van der Waals surface area contributed by atoms with Crippen LogP contribution in [0.3, 0.4) is 0 Å². The molecule has 0 aromatic heterocycles. The van der Waals surface area contributed by atoms with Crippen LogP contribution in [0.2, 0.25) is 0 Å². The minimum atomic E-state index is -6.06. The van der Waals surface area contributed by atoms with Gasteiger partial charge in [0.1, 0.15) is 48.8 Å². The van der Waals surface area contributed by atoms with Crippen molar-refractivity contribution in [1.29, 1.82) is 0 Å². The Balaban J connectivity index is -0.000000888. The normalized spacial score (nSPS) is 20.4. The average molecular weight is 1180 g/mol. The monoisotopic (exact) mass is 1180 g/mol. The molecule has 0 spiro atoms. The van der Waals surface area contributed by atoms with Gasteiger partial charge in [-0.2, -0.15) is 9.80 Å². The Morgan fingerprint density at radius 1 is 0.607 bits per heavy atom. The van der Waals surface area contributed by atoms with E-state index in [0.29, 0.717) is 11.2 Å². The standard InChI is InChI=1S/C18H29NO6.C17H27NO7.IO4.Na.4O.Os/c1-9-12-11-18(12,13(20)23-10-2)19(14(21)24-16(3,4)5)15(22)25-17(6,7)8;1-8-23-12(20)17(9-11(17)10-19)18(13(21)24-15(2,3)4)14(22)25-16(5,6)7;2-1(3,4)5;;;;;;/h9,12H,1,10-11H2,2-8H3;10-11H,8-9H2,1-7H3;;;;;;;/q;;-1;+1;;;;;/t12-,18-;11-,17+;;;;;;;/m10......./s1. The quantitative estimate of drug-likeness (QED) is 0.0549. The second-order valence-corrected chi connectivity index (χ2v) is 21.3. The van der Waals surface area contributed by atoms with Crippen LogP contribution in [0.5, 0.6) is 0 Å². The molecule has 2 aliphatic rings. The third-order valence-electron chi connectivity index (χ3n) is 6.78. The first-order valence-corrected chi connectivity index (χ1v) is 25.4. The Bertz CT molecular complexity index is 1630. The number of hydrogen-bond acceptors (Lipinski definition) is 21. The summed E-state index contributed by atoms with van der Waals surface area (Å²) in [4.78, 5) is 88.2. The van der Waals surface area contributed by atoms with Gasteiger partial charge < -0.3 is 33.2 Å². The van der Waals surface area contributed by atoms with Crippen molar-refractivity contribution >= 4 is 42.6 Å². The third kappa shape index (κ3) is 24.0. The fourth-order valence-electron chi connectivity index (χ4n) is 4.70. The molecule has 0 saturated heterocycles. The van der Waals surface area contributed by atoms with Crippen molar-refractivity contribution in [3.63, 3.8) is 0 Å². The summed E-state index contributed by atoms with van der Waals surface area (Å²) in [5.41, 5.74) is -6.68. The Morgan fingerprint density at radius 2 is 0.820 bits per heavy atom. The van der Waals surface area contributed by atoms with Gasteiger partial charge in [0.25, 0.3) is 0 Å². The fourth-order valence-corrected chi connectivity index (χ4v) is 4.70. The maximum absolute atomic E-state index is 12.7. The van der Waals surface area contributed by atoms with Gasteiger partial charge in [-0.1, -0.05) is 6.08 Å². The van der Waals surface area contributed by atoms with Crippen molar-refractivity contribution in [2.24, 2.45) is 11.8 Å². The topological polar surface area (TPSA) is 342 Å². The summed E-state index contributed by atoms with van der Waals surface area (Å²) in [6.45, 7) is 26.9. The van der Waals surface area contributed by atoms with E-state index in [1.165, 1.54) is 6.08 Å². The first kappa shape index (κ1) is 62.5. The van der Waals surface area contributed by atoms with Crippen molar-refractivity contribution in [3.05, 3.63) is 12.7 Å². The molecule has 61 heavy (non-hydrogen) atoms. The van der Waals surface area contributed by atoms with E-state index < -0.39 is 117 Å². The average Bonchev–Trinajstić information content (AvgIpc) is 3.87. The molecule has 0 N–H and O–H groups in total. The Hall–Kier alpha value is -2.76. The molecule has 0 unspecified atom stereocenters. The Morgan fingerprint density at radius 3 is 0.967 bits per heavy atom. The molecule has 2 rings (SSSR count). The van der Waals surface area contributed by atoms with Crippen LogP contribution >= 0.6 is 0 Å². The van der Waals surface area contributed by atoms with E-state index in [-0.39, 0.29) is 55.6 Å². The molecule has 4 amide bonds. The van der Waals surface area contributed by atoms with Crippen molar-refractivity contribution in [2.75, 3.05) is 13.2 Å². The molecule has 0 aromatic rings. The van der Waals surface area contributed by atoms with Gasteiger partial charge in [-0.25, -0.2) is 28.8 Å². The number of imide groups is 2. The van der Waals surface area contributed by atoms with Crippen LogP contribution in [-0.2, 0) is 71.8 Å². The Kier molecular flexibility index (Phi) is 24.4. The molecule has 348 valence electrons. The van der Waals surface area contributed by atoms with Crippen molar-refractivity contribution < 1.29 is 154 Å². The first-order chi connectivity index (χ1) is 26.6. The molecule has 23 nitrogen and oxygen atoms in total. The SMILES string of the molecule is C=C[C@@H]1C[C@@]1(C(=O)OCC)N(C(=O)OC(C)(C)C)C(=O)OC(C)(C)C.CCOC(=O)[C@@]1(N(C(=O)OC(C)(C)C)C(=O)OC(C)(C)C)C[C@H]1C=O.[Na+].[O-][I+3]([O-])([O-])[O-].[O]=[Os](=[O])(=[O])=[O]. The van der Waals surface area contributed by atoms with Gasteiger partial charge in [0.15, 0.2) is 11.1 Å². The van der Waals surface area contributed by atoms with Gasteiger partial charge in [-0.05, 0) is 110 Å². The summed E-state index contributed by atoms with van der Waals surface area (Å²) < 4.78 is 100. The van der Waals surface area contributed by atoms with E-state index in [2.05, 4.69) is 6.58 Å². The first-order valence-electron chi connectivity index (χ1n) is 17.7. The molecule has 2 saturated carbocycles. The zero-order valence-corrected chi connectivity index (χ0v) is 43.7. The van der Waals surface area contributed by atoms with E-state index in [0.717, 1.165) is 4.90 Å². The number of hydrogen-bond donors (Lipinski definition) is 0. The summed E-state index contributed by atoms with van der Waals surface area (Å²) >= 11 is -12.0. The van der Waals surface area contributed by atoms with Crippen LogP contribution in [-0.4, -0.2) is 99.1 Å². The molecule has 4 atom stereocenters. The van der Waals surface area contributed by atoms with Crippen LogP contribution in [0, 0.1) is 11.8 Å². The van der Waals surface area contributed by atoms with E-state index in [1.54, 1.807) is 96.9 Å². The van der Waals surface area contributed by atoms with Crippen LogP contribution in [0.1, 0.15) is 110 Å². The van der Waals surface area contributed by atoms with E-state index in [1.807, 2.05) is 0 Å². The summed E-state index contributed by atoms with van der Waals surface area (Å²) in [5, 5.41) is 0. The predicted octanol–water partition coefficient (Wildman–Crippen LogP) is -4.88. The second kappa shape index (κ2) is 23.8. The van der Waals surface area contributed by atoms with E-state index >= 15 is 0 Å². The van der Waals surface area contributed by atoms with Gasteiger partial charge in [-0.15, -0.1) is 6.58 Å². The van der Waals surface area contributed by atoms with Crippen LogP contribution < -0.4 is 63.4 Å². The van der Waals surface area contributed by atoms with Gasteiger partial charge >= 0.3 is 94.9 Å². The molecule has 0 aliphatic heterocycles. The number of rotatable bonds is 8. The van der Waals surface area contributed by atoms with Gasteiger partial charge in [-0.3, -0.25) is 13.7 Å². The Labute approximate surface area is 385 Å². The molecule has 0 radical (unpaired) electrons. The zero-order chi connectivity index (χ0) is 48.3. The predicted molar refractivity (Wildman–Crippen MR) is 183 cm³/mol. The molecule has 0 heterocycles. The molecule has 0 aromatic carbocycles. The molecular formula is C35H56IN2NaO21Os. The van der Waals surface area contributed by atoms with Crippen molar-refractivity contribution in [1.82, 2.24) is 9.80 Å². The molecule has 2 aliphatic carbocycles. The minimum absolute atomic E-state index is 0. The number of nitrogens with zero attached hydrogens (tertiary/aromatic N) is 2. The molecule has 26 heteroatoms. The molecule has 2 fully saturated rings. The third-order valence-corrected chi connectivity index (χ3v) is 6.78. The van der Waals surface area contributed by atoms with Crippen molar-refractivity contribution in [3.8, 4) is 0 Å². The summed E-state index contributed by atoms with van der Waals surface area (Å²) in [6, 6.07) is 0. The number of ether oxygens (including phenoxy) is 6. The van der Waals surface area contributed by atoms with Crippen LogP contribution in [0.4, 0.5) is 19.2 Å². The molecular weight excluding hydrogens is 1120 g/mol. The second-order valence-electron chi connectivity index (χ2n) is 16.6. The van der Waals surface area contributed by atoms with Gasteiger partial charge in [0.2, 0.25) is 0 Å². The van der Waals surface area contributed by atoms with Gasteiger partial charge in [0, 0.05) is 5.92 Å². The van der Waals surface area contributed by atoms with E-state index in [9.17, 15) is 33.6 Å². The van der Waals surface area contributed by atoms with E-state index in [4.69, 9.17) is 56.3 Å². The molecule has 0 bridgehead atoms. The zero-order valence-electron chi connectivity index (χ0n) is 37.0.